The largest absolute Gasteiger partial charge is 0.252 e. The summed E-state index contributed by atoms with van der Waals surface area (Å²) >= 11 is 3.26. The molecule has 2 rings (SSSR count). The van der Waals surface area contributed by atoms with Crippen LogP contribution in [0.2, 0.25) is 0 Å². The minimum absolute atomic E-state index is 1.06. The van der Waals surface area contributed by atoms with E-state index in [9.17, 15) is 0 Å². The summed E-state index contributed by atoms with van der Waals surface area (Å²) in [4.78, 5) is 9.26. The molecule has 2 heterocycles. The van der Waals surface area contributed by atoms with E-state index in [1.54, 1.807) is 28.9 Å². The van der Waals surface area contributed by atoms with E-state index in [0.29, 0.717) is 0 Å². The molecule has 2 aromatic heterocycles. The zero-order valence-corrected chi connectivity index (χ0v) is 6.65. The molecule has 0 unspecified atom stereocenters. The van der Waals surface area contributed by atoms with Gasteiger partial charge in [0.1, 0.15) is 5.01 Å². The standard InChI is InChI=1S/C6H4N2S2/c1-2-9-6(8-1)5-3-7-4-10-5/h1-4H. The molecule has 0 bridgehead atoms. The number of hydrogen-bond acceptors (Lipinski definition) is 4. The lowest BCUT2D eigenvalue weighted by atomic mass is 10.6. The molecule has 0 saturated carbocycles. The molecule has 2 aromatic rings. The molecule has 0 atom stereocenters. The first kappa shape index (κ1) is 6.00. The lowest BCUT2D eigenvalue weighted by Gasteiger charge is -1.81. The molecule has 50 valence electrons. The summed E-state index contributed by atoms with van der Waals surface area (Å²) in [6.07, 6.45) is 3.64. The van der Waals surface area contributed by atoms with Crippen molar-refractivity contribution in [1.29, 1.82) is 0 Å². The van der Waals surface area contributed by atoms with Crippen molar-refractivity contribution in [2.24, 2.45) is 0 Å². The van der Waals surface area contributed by atoms with Gasteiger partial charge in [-0.1, -0.05) is 0 Å². The van der Waals surface area contributed by atoms with Gasteiger partial charge >= 0.3 is 0 Å². The Kier molecular flexibility index (Phi) is 1.49. The highest BCUT2D eigenvalue weighted by Crippen LogP contribution is 2.24. The first-order valence-electron chi connectivity index (χ1n) is 2.75. The van der Waals surface area contributed by atoms with Crippen molar-refractivity contribution in [3.63, 3.8) is 0 Å². The van der Waals surface area contributed by atoms with E-state index in [-0.39, 0.29) is 0 Å². The van der Waals surface area contributed by atoms with Crippen LogP contribution < -0.4 is 0 Å². The van der Waals surface area contributed by atoms with Gasteiger partial charge in [-0.15, -0.1) is 22.7 Å². The maximum atomic E-state index is 4.15. The monoisotopic (exact) mass is 168 g/mol. The molecule has 0 spiro atoms. The van der Waals surface area contributed by atoms with Crippen LogP contribution in [0.1, 0.15) is 0 Å². The van der Waals surface area contributed by atoms with Gasteiger partial charge in [0.15, 0.2) is 0 Å². The van der Waals surface area contributed by atoms with Crippen molar-refractivity contribution < 1.29 is 0 Å². The van der Waals surface area contributed by atoms with Crippen molar-refractivity contribution in [1.82, 2.24) is 9.97 Å². The Morgan fingerprint density at radius 2 is 2.30 bits per heavy atom. The highest BCUT2D eigenvalue weighted by Gasteiger charge is 1.99. The minimum Gasteiger partial charge on any atom is -0.252 e. The minimum atomic E-state index is 1.06. The van der Waals surface area contributed by atoms with E-state index in [0.717, 1.165) is 9.88 Å². The normalized spacial score (nSPS) is 10.0. The van der Waals surface area contributed by atoms with Crippen LogP contribution in [0.4, 0.5) is 0 Å². The maximum absolute atomic E-state index is 4.15. The maximum Gasteiger partial charge on any atom is 0.134 e. The number of hydrogen-bond donors (Lipinski definition) is 0. The summed E-state index contributed by atoms with van der Waals surface area (Å²) in [5.74, 6) is 0. The van der Waals surface area contributed by atoms with E-state index in [1.165, 1.54) is 0 Å². The van der Waals surface area contributed by atoms with Gasteiger partial charge in [-0.05, 0) is 0 Å². The first-order chi connectivity index (χ1) is 4.97. The van der Waals surface area contributed by atoms with Crippen molar-refractivity contribution in [2.45, 2.75) is 0 Å². The molecule has 0 aliphatic heterocycles. The molecule has 10 heavy (non-hydrogen) atoms. The summed E-state index contributed by atoms with van der Waals surface area (Å²) < 4.78 is 0. The zero-order valence-electron chi connectivity index (χ0n) is 5.02. The van der Waals surface area contributed by atoms with Crippen LogP contribution in [-0.4, -0.2) is 9.97 Å². The zero-order chi connectivity index (χ0) is 6.81. The van der Waals surface area contributed by atoms with Crippen LogP contribution in [0, 0.1) is 0 Å². The average Bonchev–Trinajstić information content (AvgIpc) is 2.59. The summed E-state index contributed by atoms with van der Waals surface area (Å²) in [5, 5.41) is 3.03. The van der Waals surface area contributed by atoms with Crippen molar-refractivity contribution in [3.8, 4) is 9.88 Å². The third kappa shape index (κ3) is 0.955. The Balaban J connectivity index is 2.48. The molecular weight excluding hydrogens is 164 g/mol. The molecule has 0 N–H and O–H groups in total. The van der Waals surface area contributed by atoms with Gasteiger partial charge in [-0.25, -0.2) is 4.98 Å². The molecule has 0 amide bonds. The summed E-state index contributed by atoms with van der Waals surface area (Å²) in [6.45, 7) is 0. The predicted molar refractivity (Wildman–Crippen MR) is 43.2 cm³/mol. The molecule has 0 saturated heterocycles. The fourth-order valence-corrected chi connectivity index (χ4v) is 2.01. The molecule has 0 aliphatic rings. The van der Waals surface area contributed by atoms with Crippen LogP contribution in [0.25, 0.3) is 9.88 Å². The highest BCUT2D eigenvalue weighted by molar-refractivity contribution is 7.19. The fraction of sp³-hybridized carbons (Fsp3) is 0. The number of aromatic nitrogens is 2. The van der Waals surface area contributed by atoms with Crippen LogP contribution in [0.5, 0.6) is 0 Å². The molecule has 0 aliphatic carbocycles. The third-order valence-electron chi connectivity index (χ3n) is 1.08. The smallest absolute Gasteiger partial charge is 0.134 e. The van der Waals surface area contributed by atoms with Gasteiger partial charge in [-0.3, -0.25) is 4.98 Å². The second-order valence-corrected chi connectivity index (χ2v) is 3.48. The van der Waals surface area contributed by atoms with Crippen molar-refractivity contribution in [2.75, 3.05) is 0 Å². The lowest BCUT2D eigenvalue weighted by Crippen LogP contribution is -1.64. The highest BCUT2D eigenvalue weighted by atomic mass is 32.1. The molecular formula is C6H4N2S2. The topological polar surface area (TPSA) is 25.8 Å². The van der Waals surface area contributed by atoms with Gasteiger partial charge in [0.25, 0.3) is 0 Å². The second kappa shape index (κ2) is 2.48. The van der Waals surface area contributed by atoms with Crippen molar-refractivity contribution in [3.05, 3.63) is 23.3 Å². The van der Waals surface area contributed by atoms with Gasteiger partial charge in [0.05, 0.1) is 10.4 Å². The van der Waals surface area contributed by atoms with Gasteiger partial charge in [0.2, 0.25) is 0 Å². The Bertz CT molecular complexity index is 253. The van der Waals surface area contributed by atoms with Crippen LogP contribution >= 0.6 is 22.7 Å². The Labute approximate surface area is 66.2 Å². The van der Waals surface area contributed by atoms with Crippen LogP contribution in [0.15, 0.2) is 23.3 Å². The molecule has 2 nitrogen and oxygen atoms in total. The molecule has 4 heteroatoms. The van der Waals surface area contributed by atoms with Crippen LogP contribution in [0.3, 0.4) is 0 Å². The SMILES string of the molecule is c1csc(-c2cncs2)n1. The fourth-order valence-electron chi connectivity index (χ4n) is 0.667. The summed E-state index contributed by atoms with van der Waals surface area (Å²) in [6, 6.07) is 0. The van der Waals surface area contributed by atoms with E-state index in [4.69, 9.17) is 0 Å². The lowest BCUT2D eigenvalue weighted by molar-refractivity contribution is 1.39. The molecule has 0 radical (unpaired) electrons. The number of nitrogens with zero attached hydrogens (tertiary/aromatic N) is 2. The first-order valence-corrected chi connectivity index (χ1v) is 4.51. The second-order valence-electron chi connectivity index (χ2n) is 1.70. The van der Waals surface area contributed by atoms with Crippen molar-refractivity contribution >= 4 is 22.7 Å². The predicted octanol–water partition coefficient (Wildman–Crippen LogP) is 2.27. The quantitative estimate of drug-likeness (QED) is 0.652. The van der Waals surface area contributed by atoms with E-state index >= 15 is 0 Å². The van der Waals surface area contributed by atoms with E-state index in [1.807, 2.05) is 17.1 Å². The van der Waals surface area contributed by atoms with E-state index < -0.39 is 0 Å². The third-order valence-corrected chi connectivity index (χ3v) is 2.79. The number of rotatable bonds is 1. The van der Waals surface area contributed by atoms with Crippen LogP contribution in [-0.2, 0) is 0 Å². The van der Waals surface area contributed by atoms with Gasteiger partial charge < -0.3 is 0 Å². The van der Waals surface area contributed by atoms with E-state index in [2.05, 4.69) is 9.97 Å². The Morgan fingerprint density at radius 1 is 1.30 bits per heavy atom. The summed E-state index contributed by atoms with van der Waals surface area (Å²) in [5.41, 5.74) is 1.82. The Morgan fingerprint density at radius 3 is 2.90 bits per heavy atom. The summed E-state index contributed by atoms with van der Waals surface area (Å²) in [7, 11) is 0. The van der Waals surface area contributed by atoms with Gasteiger partial charge in [-0.2, -0.15) is 0 Å². The molecule has 0 aromatic carbocycles. The average molecular weight is 168 g/mol. The Hall–Kier alpha value is -0.740. The molecule has 0 fully saturated rings. The van der Waals surface area contributed by atoms with Gasteiger partial charge in [0, 0.05) is 17.8 Å². The number of thiazole rings is 2.